The molecule has 0 fully saturated rings. The number of nitrogens with two attached hydrogens (primary N) is 1. The fraction of sp³-hybridized carbons (Fsp3) is 0.833. The van der Waals surface area contributed by atoms with Crippen molar-refractivity contribution in [1.82, 2.24) is 0 Å². The van der Waals surface area contributed by atoms with Crippen LogP contribution < -0.4 is 5.73 Å². The van der Waals surface area contributed by atoms with E-state index in [-0.39, 0.29) is 48.4 Å². The minimum atomic E-state index is -0.752. The van der Waals surface area contributed by atoms with Gasteiger partial charge in [-0.3, -0.25) is 9.59 Å². The van der Waals surface area contributed by atoms with Crippen LogP contribution in [0.3, 0.4) is 0 Å². The Hall–Kier alpha value is -0.360. The van der Waals surface area contributed by atoms with E-state index in [1.165, 1.54) is 84.2 Å². The SMILES string of the molecule is CCCCCCCC/C=C\CCCCCCCCOC(=O)CC[C@H](N)C(=O)OC.[NaH]. The van der Waals surface area contributed by atoms with Crippen LogP contribution in [0.25, 0.3) is 0 Å². The van der Waals surface area contributed by atoms with E-state index >= 15 is 0 Å². The van der Waals surface area contributed by atoms with Gasteiger partial charge < -0.3 is 15.2 Å². The average Bonchev–Trinajstić information content (AvgIpc) is 2.73. The third kappa shape index (κ3) is 22.3. The molecule has 0 amide bonds. The summed E-state index contributed by atoms with van der Waals surface area (Å²) in [6.07, 6.45) is 22.7. The number of esters is 2. The monoisotopic (exact) mass is 435 g/mol. The van der Waals surface area contributed by atoms with Crippen LogP contribution in [0, 0.1) is 0 Å². The molecule has 2 N–H and O–H groups in total. The molecule has 0 aliphatic heterocycles. The van der Waals surface area contributed by atoms with Gasteiger partial charge in [-0.15, -0.1) is 0 Å². The van der Waals surface area contributed by atoms with Gasteiger partial charge in [0.1, 0.15) is 6.04 Å². The molecule has 1 atom stereocenters. The van der Waals surface area contributed by atoms with Gasteiger partial charge in [-0.2, -0.15) is 0 Å². The van der Waals surface area contributed by atoms with Crippen molar-refractivity contribution in [3.05, 3.63) is 12.2 Å². The summed E-state index contributed by atoms with van der Waals surface area (Å²) in [6.45, 7) is 2.71. The first-order chi connectivity index (χ1) is 14.1. The van der Waals surface area contributed by atoms with Gasteiger partial charge in [0.15, 0.2) is 0 Å². The number of allylic oxidation sites excluding steroid dienone is 2. The van der Waals surface area contributed by atoms with Crippen molar-refractivity contribution >= 4 is 41.5 Å². The first-order valence-corrected chi connectivity index (χ1v) is 11.8. The van der Waals surface area contributed by atoms with Crippen molar-refractivity contribution in [2.24, 2.45) is 5.73 Å². The Morgan fingerprint density at radius 3 is 1.87 bits per heavy atom. The van der Waals surface area contributed by atoms with E-state index in [0.29, 0.717) is 6.61 Å². The molecule has 0 spiro atoms. The second-order valence-electron chi connectivity index (χ2n) is 7.83. The molecule has 172 valence electrons. The average molecular weight is 436 g/mol. The summed E-state index contributed by atoms with van der Waals surface area (Å²) in [5.41, 5.74) is 5.58. The van der Waals surface area contributed by atoms with Gasteiger partial charge in [0, 0.05) is 6.42 Å². The summed E-state index contributed by atoms with van der Waals surface area (Å²) >= 11 is 0. The predicted molar refractivity (Wildman–Crippen MR) is 127 cm³/mol. The van der Waals surface area contributed by atoms with Gasteiger partial charge in [0.25, 0.3) is 0 Å². The normalized spacial score (nSPS) is 11.8. The Morgan fingerprint density at radius 2 is 1.33 bits per heavy atom. The van der Waals surface area contributed by atoms with Gasteiger partial charge in [-0.25, -0.2) is 0 Å². The summed E-state index contributed by atoms with van der Waals surface area (Å²) in [5, 5.41) is 0. The van der Waals surface area contributed by atoms with E-state index in [1.807, 2.05) is 0 Å². The molecule has 0 aromatic heterocycles. The number of hydrogen-bond acceptors (Lipinski definition) is 5. The standard InChI is InChI=1S/C24H45NO4.Na.H/c1-3-4-5-6-7-8-9-10-11-12-13-14-15-16-17-18-21-29-23(26)20-19-22(25)24(27)28-2;;/h10-11,22H,3-9,12-21,25H2,1-2H3;;/b11-10-;;/t22-;;/m0../s1. The number of methoxy groups -OCH3 is 1. The molecule has 30 heavy (non-hydrogen) atoms. The van der Waals surface area contributed by atoms with Crippen molar-refractivity contribution < 1.29 is 19.1 Å². The van der Waals surface area contributed by atoms with Crippen molar-refractivity contribution in [1.29, 1.82) is 0 Å². The van der Waals surface area contributed by atoms with Crippen molar-refractivity contribution in [2.75, 3.05) is 13.7 Å². The quantitative estimate of drug-likeness (QED) is 0.123. The van der Waals surface area contributed by atoms with E-state index in [4.69, 9.17) is 10.5 Å². The Kier molecular flexibility index (Phi) is 26.4. The van der Waals surface area contributed by atoms with E-state index in [0.717, 1.165) is 12.8 Å². The van der Waals surface area contributed by atoms with Gasteiger partial charge in [0.05, 0.1) is 13.7 Å². The van der Waals surface area contributed by atoms with Gasteiger partial charge in [0.2, 0.25) is 0 Å². The maximum absolute atomic E-state index is 11.6. The molecule has 0 aromatic rings. The topological polar surface area (TPSA) is 78.6 Å². The fourth-order valence-electron chi connectivity index (χ4n) is 3.15. The second-order valence-corrected chi connectivity index (χ2v) is 7.83. The van der Waals surface area contributed by atoms with Gasteiger partial charge in [-0.1, -0.05) is 76.9 Å². The molecule has 0 radical (unpaired) electrons. The van der Waals surface area contributed by atoms with E-state index in [1.54, 1.807) is 0 Å². The first kappa shape index (κ1) is 31.8. The van der Waals surface area contributed by atoms with Crippen LogP contribution in [0.1, 0.15) is 110 Å². The molecular weight excluding hydrogens is 389 g/mol. The number of hydrogen-bond donors (Lipinski definition) is 1. The zero-order valence-electron chi connectivity index (χ0n) is 19.0. The first-order valence-electron chi connectivity index (χ1n) is 11.8. The van der Waals surface area contributed by atoms with Gasteiger partial charge in [-0.05, 0) is 38.5 Å². The molecular formula is C24H46NNaO4. The Morgan fingerprint density at radius 1 is 0.833 bits per heavy atom. The Balaban J connectivity index is 0. The molecule has 5 nitrogen and oxygen atoms in total. The minimum absolute atomic E-state index is 0. The molecule has 6 heteroatoms. The molecule has 0 heterocycles. The van der Waals surface area contributed by atoms with Crippen LogP contribution >= 0.6 is 0 Å². The summed E-state index contributed by atoms with van der Waals surface area (Å²) in [4.78, 5) is 22.7. The number of carbonyl (C=O) groups is 2. The maximum atomic E-state index is 11.6. The predicted octanol–water partition coefficient (Wildman–Crippen LogP) is 5.20. The summed E-state index contributed by atoms with van der Waals surface area (Å²) in [6, 6.07) is -0.752. The van der Waals surface area contributed by atoms with Crippen molar-refractivity contribution in [3.8, 4) is 0 Å². The third-order valence-corrected chi connectivity index (χ3v) is 5.08. The molecule has 0 saturated carbocycles. The van der Waals surface area contributed by atoms with Crippen LogP contribution in [0.5, 0.6) is 0 Å². The third-order valence-electron chi connectivity index (χ3n) is 5.08. The molecule has 0 unspecified atom stereocenters. The molecule has 0 rings (SSSR count). The number of rotatable bonds is 20. The molecule has 0 aliphatic carbocycles. The summed E-state index contributed by atoms with van der Waals surface area (Å²) < 4.78 is 9.69. The summed E-state index contributed by atoms with van der Waals surface area (Å²) in [5.74, 6) is -0.789. The molecule has 0 saturated heterocycles. The number of unbranched alkanes of at least 4 members (excludes halogenated alkanes) is 12. The number of carbonyl (C=O) groups excluding carboxylic acids is 2. The Labute approximate surface area is 207 Å². The van der Waals surface area contributed by atoms with Crippen LogP contribution in [0.15, 0.2) is 12.2 Å². The van der Waals surface area contributed by atoms with E-state index in [2.05, 4.69) is 23.8 Å². The fourth-order valence-corrected chi connectivity index (χ4v) is 3.15. The van der Waals surface area contributed by atoms with Crippen LogP contribution in [-0.4, -0.2) is 61.3 Å². The van der Waals surface area contributed by atoms with Crippen LogP contribution in [-0.2, 0) is 19.1 Å². The molecule has 0 aliphatic rings. The van der Waals surface area contributed by atoms with E-state index in [9.17, 15) is 9.59 Å². The van der Waals surface area contributed by atoms with Gasteiger partial charge >= 0.3 is 41.5 Å². The van der Waals surface area contributed by atoms with Crippen LogP contribution in [0.4, 0.5) is 0 Å². The molecule has 0 bridgehead atoms. The zero-order valence-corrected chi connectivity index (χ0v) is 19.0. The zero-order chi connectivity index (χ0) is 21.6. The van der Waals surface area contributed by atoms with E-state index < -0.39 is 12.0 Å². The number of ether oxygens (including phenoxy) is 2. The second kappa shape index (κ2) is 24.9. The summed E-state index contributed by atoms with van der Waals surface area (Å²) in [7, 11) is 1.29. The van der Waals surface area contributed by atoms with Crippen molar-refractivity contribution in [2.45, 2.75) is 116 Å². The van der Waals surface area contributed by atoms with Crippen molar-refractivity contribution in [3.63, 3.8) is 0 Å². The van der Waals surface area contributed by atoms with Crippen LogP contribution in [0.2, 0.25) is 0 Å². The molecule has 0 aromatic carbocycles. The Bertz CT molecular complexity index is 429.